The molecule has 2 saturated heterocycles. The lowest BCUT2D eigenvalue weighted by atomic mass is 9.98. The highest BCUT2D eigenvalue weighted by molar-refractivity contribution is 7.89. The van der Waals surface area contributed by atoms with E-state index in [1.165, 1.54) is 16.6 Å². The molecule has 0 bridgehead atoms. The average Bonchev–Trinajstić information content (AvgIpc) is 3.35. The van der Waals surface area contributed by atoms with Crippen molar-refractivity contribution in [2.45, 2.75) is 50.5 Å². The minimum Gasteiger partial charge on any atom is -0.356 e. The number of rotatable bonds is 6. The molecule has 9 heteroatoms. The number of carbonyl (C=O) groups is 2. The topological polar surface area (TPSA) is 103 Å². The molecule has 0 saturated carbocycles. The zero-order valence-corrected chi connectivity index (χ0v) is 19.9. The quantitative estimate of drug-likeness (QED) is 0.675. The summed E-state index contributed by atoms with van der Waals surface area (Å²) >= 11 is 0. The van der Waals surface area contributed by atoms with Crippen LogP contribution in [0.15, 0.2) is 41.4 Å². The Morgan fingerprint density at radius 2 is 1.85 bits per heavy atom. The molecule has 4 rings (SSSR count). The van der Waals surface area contributed by atoms with Gasteiger partial charge in [0.2, 0.25) is 15.9 Å². The summed E-state index contributed by atoms with van der Waals surface area (Å²) in [5.74, 6) is -0.692. The average molecular weight is 473 g/mol. The largest absolute Gasteiger partial charge is 0.356 e. The number of aromatic nitrogens is 1. The van der Waals surface area contributed by atoms with E-state index in [-0.39, 0.29) is 23.3 Å². The normalized spacial score (nSPS) is 19.9. The molecule has 2 fully saturated rings. The van der Waals surface area contributed by atoms with Crippen molar-refractivity contribution in [3.05, 3.63) is 53.3 Å². The Bertz CT molecular complexity index is 1110. The second-order valence-corrected chi connectivity index (χ2v) is 10.9. The first-order valence-corrected chi connectivity index (χ1v) is 13.1. The van der Waals surface area contributed by atoms with E-state index < -0.39 is 15.9 Å². The van der Waals surface area contributed by atoms with Crippen molar-refractivity contribution in [3.63, 3.8) is 0 Å². The first kappa shape index (κ1) is 23.5. The number of aromatic amines is 1. The monoisotopic (exact) mass is 472 g/mol. The van der Waals surface area contributed by atoms with E-state index in [0.717, 1.165) is 30.4 Å². The summed E-state index contributed by atoms with van der Waals surface area (Å²) in [4.78, 5) is 30.2. The molecule has 0 aliphatic carbocycles. The van der Waals surface area contributed by atoms with Gasteiger partial charge in [0.25, 0.3) is 5.91 Å². The van der Waals surface area contributed by atoms with E-state index in [4.69, 9.17) is 0 Å². The molecule has 178 valence electrons. The summed E-state index contributed by atoms with van der Waals surface area (Å²) in [5, 5.41) is 2.96. The molecule has 2 amide bonds. The van der Waals surface area contributed by atoms with Gasteiger partial charge in [-0.1, -0.05) is 24.3 Å². The number of H-pyrrole nitrogens is 1. The van der Waals surface area contributed by atoms with Crippen LogP contribution in [0.3, 0.4) is 0 Å². The van der Waals surface area contributed by atoms with Gasteiger partial charge in [0, 0.05) is 38.9 Å². The molecule has 0 spiro atoms. The van der Waals surface area contributed by atoms with Gasteiger partial charge in [0.05, 0.1) is 5.92 Å². The first-order chi connectivity index (χ1) is 15.9. The minimum atomic E-state index is -3.79. The maximum Gasteiger partial charge on any atom is 0.270 e. The number of aryl methyl sites for hydroxylation is 1. The van der Waals surface area contributed by atoms with Crippen LogP contribution >= 0.6 is 0 Å². The first-order valence-electron chi connectivity index (χ1n) is 11.7. The lowest BCUT2D eigenvalue weighted by Gasteiger charge is -2.31. The number of nitrogens with zero attached hydrogens (tertiary/aromatic N) is 2. The van der Waals surface area contributed by atoms with Crippen LogP contribution < -0.4 is 5.32 Å². The Labute approximate surface area is 195 Å². The second kappa shape index (κ2) is 10.1. The lowest BCUT2D eigenvalue weighted by Crippen LogP contribution is -2.45. The van der Waals surface area contributed by atoms with Gasteiger partial charge in [-0.2, -0.15) is 4.31 Å². The molecule has 1 aromatic heterocycles. The summed E-state index contributed by atoms with van der Waals surface area (Å²) in [6.07, 6.45) is 5.71. The fourth-order valence-corrected chi connectivity index (χ4v) is 6.09. The molecule has 8 nitrogen and oxygen atoms in total. The summed E-state index contributed by atoms with van der Waals surface area (Å²) < 4.78 is 27.8. The van der Waals surface area contributed by atoms with Crippen molar-refractivity contribution >= 4 is 21.8 Å². The van der Waals surface area contributed by atoms with Crippen molar-refractivity contribution in [2.75, 3.05) is 26.2 Å². The molecule has 2 N–H and O–H groups in total. The maximum absolute atomic E-state index is 13.2. The second-order valence-electron chi connectivity index (χ2n) is 8.95. The van der Waals surface area contributed by atoms with Gasteiger partial charge in [0.1, 0.15) is 10.6 Å². The highest BCUT2D eigenvalue weighted by atomic mass is 32.2. The molecule has 2 aliphatic rings. The smallest absolute Gasteiger partial charge is 0.270 e. The van der Waals surface area contributed by atoms with Gasteiger partial charge in [-0.05, 0) is 56.2 Å². The Kier molecular flexibility index (Phi) is 7.19. The number of hydrogen-bond acceptors (Lipinski definition) is 4. The Balaban J connectivity index is 1.40. The molecular formula is C24H32N4O4S. The molecule has 1 atom stereocenters. The van der Waals surface area contributed by atoms with Gasteiger partial charge in [-0.15, -0.1) is 0 Å². The van der Waals surface area contributed by atoms with Crippen LogP contribution in [-0.4, -0.2) is 60.6 Å². The predicted molar refractivity (Wildman–Crippen MR) is 125 cm³/mol. The number of amides is 2. The van der Waals surface area contributed by atoms with E-state index in [1.54, 1.807) is 4.90 Å². The van der Waals surface area contributed by atoms with E-state index in [0.29, 0.717) is 44.7 Å². The summed E-state index contributed by atoms with van der Waals surface area (Å²) in [5.41, 5.74) is 2.44. The third kappa shape index (κ3) is 5.30. The fraction of sp³-hybridized carbons (Fsp3) is 0.500. The molecule has 1 unspecified atom stereocenters. The number of carbonyl (C=O) groups excluding carboxylic acids is 2. The molecule has 3 heterocycles. The zero-order chi connectivity index (χ0) is 23.4. The van der Waals surface area contributed by atoms with Crippen molar-refractivity contribution < 1.29 is 18.0 Å². The van der Waals surface area contributed by atoms with Gasteiger partial charge in [-0.25, -0.2) is 8.42 Å². The van der Waals surface area contributed by atoms with Crippen LogP contribution in [0.4, 0.5) is 0 Å². The number of hydrogen-bond donors (Lipinski definition) is 2. The van der Waals surface area contributed by atoms with E-state index in [9.17, 15) is 18.0 Å². The molecule has 2 aliphatic heterocycles. The Morgan fingerprint density at radius 3 is 2.61 bits per heavy atom. The molecule has 33 heavy (non-hydrogen) atoms. The van der Waals surface area contributed by atoms with Crippen molar-refractivity contribution in [1.29, 1.82) is 0 Å². The van der Waals surface area contributed by atoms with Crippen LogP contribution in [0.25, 0.3) is 0 Å². The van der Waals surface area contributed by atoms with Gasteiger partial charge in [-0.3, -0.25) is 9.59 Å². The van der Waals surface area contributed by atoms with Crippen LogP contribution in [0.1, 0.15) is 53.7 Å². The van der Waals surface area contributed by atoms with Crippen LogP contribution in [0, 0.1) is 12.8 Å². The van der Waals surface area contributed by atoms with Gasteiger partial charge >= 0.3 is 0 Å². The van der Waals surface area contributed by atoms with Crippen LogP contribution in [0.2, 0.25) is 0 Å². The lowest BCUT2D eigenvalue weighted by molar-refractivity contribution is -0.126. The van der Waals surface area contributed by atoms with E-state index in [2.05, 4.69) is 10.3 Å². The third-order valence-corrected chi connectivity index (χ3v) is 8.48. The summed E-state index contributed by atoms with van der Waals surface area (Å²) in [6.45, 7) is 4.33. The van der Waals surface area contributed by atoms with E-state index >= 15 is 0 Å². The SMILES string of the molecule is Cc1ccccc1CNC(=O)C1CCCN(S(=O)(=O)c2c[nH]c(C(=O)N3CCCCC3)c2)C1. The third-order valence-electron chi connectivity index (χ3n) is 6.64. The van der Waals surface area contributed by atoms with Gasteiger partial charge < -0.3 is 15.2 Å². The standard InChI is InChI=1S/C24H32N4O4S/c1-18-8-3-4-9-19(18)15-26-23(29)20-10-7-13-28(17-20)33(31,32)21-14-22(25-16-21)24(30)27-11-5-2-6-12-27/h3-4,8-9,14,16,20,25H,2,5-7,10-13,15,17H2,1H3,(H,26,29). The highest BCUT2D eigenvalue weighted by Gasteiger charge is 2.34. The van der Waals surface area contributed by atoms with Crippen LogP contribution in [-0.2, 0) is 21.4 Å². The number of nitrogens with one attached hydrogen (secondary N) is 2. The minimum absolute atomic E-state index is 0.0730. The number of sulfonamides is 1. The van der Waals surface area contributed by atoms with Gasteiger partial charge in [0.15, 0.2) is 0 Å². The van der Waals surface area contributed by atoms with Crippen LogP contribution in [0.5, 0.6) is 0 Å². The Morgan fingerprint density at radius 1 is 1.09 bits per heavy atom. The highest BCUT2D eigenvalue weighted by Crippen LogP contribution is 2.25. The predicted octanol–water partition coefficient (Wildman–Crippen LogP) is 2.67. The summed E-state index contributed by atoms with van der Waals surface area (Å²) in [7, 11) is -3.79. The molecule has 0 radical (unpaired) electrons. The molecular weight excluding hydrogens is 440 g/mol. The number of likely N-dealkylation sites (tertiary alicyclic amines) is 1. The fourth-order valence-electron chi connectivity index (χ4n) is 4.57. The zero-order valence-electron chi connectivity index (χ0n) is 19.0. The number of benzene rings is 1. The van der Waals surface area contributed by atoms with E-state index in [1.807, 2.05) is 31.2 Å². The Hall–Kier alpha value is -2.65. The van der Waals surface area contributed by atoms with Crippen molar-refractivity contribution in [1.82, 2.24) is 19.5 Å². The number of piperidine rings is 2. The summed E-state index contributed by atoms with van der Waals surface area (Å²) in [6, 6.07) is 9.29. The maximum atomic E-state index is 13.2. The van der Waals surface area contributed by atoms with Crippen molar-refractivity contribution in [3.8, 4) is 0 Å². The van der Waals surface area contributed by atoms with Crippen molar-refractivity contribution in [2.24, 2.45) is 5.92 Å². The molecule has 2 aromatic rings. The molecule has 1 aromatic carbocycles.